The molecule has 0 aromatic heterocycles. The minimum Gasteiger partial charge on any atom is -0.465 e. The molecule has 0 fully saturated rings. The van der Waals surface area contributed by atoms with E-state index >= 15 is 0 Å². The van der Waals surface area contributed by atoms with Crippen LogP contribution in [0.2, 0.25) is 0 Å². The Bertz CT molecular complexity index is 643. The van der Waals surface area contributed by atoms with Crippen molar-refractivity contribution in [2.75, 3.05) is 20.1 Å². The van der Waals surface area contributed by atoms with Crippen LogP contribution in [0.25, 0.3) is 0 Å². The zero-order chi connectivity index (χ0) is 25.5. The lowest BCUT2D eigenvalue weighted by atomic mass is 10.0. The van der Waals surface area contributed by atoms with Gasteiger partial charge in [0.15, 0.2) is 0 Å². The highest BCUT2D eigenvalue weighted by atomic mass is 16.6. The summed E-state index contributed by atoms with van der Waals surface area (Å²) in [6.07, 6.45) is 7.46. The molecule has 0 spiro atoms. The quantitative estimate of drug-likeness (QED) is 0.161. The standard InChI is InChI=1S/C23H42N2O5/c1-7-9-10-11-12-13-14-15-16-19(26)17-20(24-22(28)30-23(3,4)5)25(6)18-21(27)29-8-2/h7-18H2,1-6H3/i6D3. The molecule has 0 radical (unpaired) electrons. The number of Topliss-reactive ketones (excluding diaryl/α,β-unsaturated/α-hetero) is 1. The normalized spacial score (nSPS) is 13.8. The third kappa shape index (κ3) is 15.9. The molecule has 0 aliphatic rings. The third-order valence-corrected chi connectivity index (χ3v) is 4.18. The molecule has 0 bridgehead atoms. The van der Waals surface area contributed by atoms with Crippen molar-refractivity contribution in [3.05, 3.63) is 0 Å². The van der Waals surface area contributed by atoms with Gasteiger partial charge in [0, 0.05) is 17.5 Å². The Morgan fingerprint density at radius 2 is 1.57 bits per heavy atom. The molecule has 0 aromatic carbocycles. The maximum atomic E-state index is 12.6. The molecule has 0 aliphatic carbocycles. The van der Waals surface area contributed by atoms with Crippen molar-refractivity contribution in [2.45, 2.75) is 104 Å². The van der Waals surface area contributed by atoms with Gasteiger partial charge in [-0.3, -0.25) is 9.59 Å². The first kappa shape index (κ1) is 22.8. The molecule has 0 heterocycles. The van der Waals surface area contributed by atoms with E-state index < -0.39 is 31.2 Å². The van der Waals surface area contributed by atoms with Crippen LogP contribution >= 0.6 is 0 Å². The number of hydrogen-bond acceptors (Lipinski definition) is 5. The molecular weight excluding hydrogens is 384 g/mol. The average molecular weight is 430 g/mol. The maximum Gasteiger partial charge on any atom is 0.435 e. The Hall–Kier alpha value is -1.92. The molecule has 0 unspecified atom stereocenters. The SMILES string of the molecule is [2H]C([2H])([2H])N(CC(=O)OCC)C(CC(=O)CCCCCCCCCC)=NC(=O)OC(C)(C)C. The molecule has 0 saturated carbocycles. The zero-order valence-electron chi connectivity index (χ0n) is 22.4. The number of carbonyl (C=O) groups is 3. The van der Waals surface area contributed by atoms with Crippen LogP contribution in [0, 0.1) is 0 Å². The second-order valence-electron chi connectivity index (χ2n) is 8.34. The highest BCUT2D eigenvalue weighted by Crippen LogP contribution is 2.12. The predicted octanol–water partition coefficient (Wildman–Crippen LogP) is 5.30. The van der Waals surface area contributed by atoms with Gasteiger partial charge >= 0.3 is 12.1 Å². The second-order valence-corrected chi connectivity index (χ2v) is 8.34. The number of esters is 1. The number of likely N-dealkylation sites (N-methyl/N-ethyl adjacent to an activating group) is 1. The molecule has 7 heteroatoms. The third-order valence-electron chi connectivity index (χ3n) is 4.18. The van der Waals surface area contributed by atoms with Gasteiger partial charge in [0.1, 0.15) is 23.8 Å². The Labute approximate surface area is 186 Å². The average Bonchev–Trinajstić information content (AvgIpc) is 2.65. The molecule has 1 amide bonds. The molecule has 0 rings (SSSR count). The van der Waals surface area contributed by atoms with E-state index in [4.69, 9.17) is 13.6 Å². The highest BCUT2D eigenvalue weighted by molar-refractivity contribution is 6.04. The van der Waals surface area contributed by atoms with Crippen molar-refractivity contribution < 1.29 is 28.0 Å². The van der Waals surface area contributed by atoms with E-state index in [1.54, 1.807) is 27.7 Å². The fraction of sp³-hybridized carbons (Fsp3) is 0.826. The van der Waals surface area contributed by atoms with E-state index in [-0.39, 0.29) is 31.1 Å². The van der Waals surface area contributed by atoms with Crippen LogP contribution < -0.4 is 0 Å². The van der Waals surface area contributed by atoms with Gasteiger partial charge < -0.3 is 14.4 Å². The lowest BCUT2D eigenvalue weighted by Crippen LogP contribution is -2.35. The van der Waals surface area contributed by atoms with Gasteiger partial charge in [-0.25, -0.2) is 4.79 Å². The van der Waals surface area contributed by atoms with Crippen molar-refractivity contribution in [1.82, 2.24) is 4.90 Å². The van der Waals surface area contributed by atoms with Crippen LogP contribution in [0.3, 0.4) is 0 Å². The zero-order valence-corrected chi connectivity index (χ0v) is 19.4. The summed E-state index contributed by atoms with van der Waals surface area (Å²) in [6.45, 7) is 5.33. The smallest absolute Gasteiger partial charge is 0.435 e. The highest BCUT2D eigenvalue weighted by Gasteiger charge is 2.20. The number of ketones is 1. The van der Waals surface area contributed by atoms with Gasteiger partial charge in [0.05, 0.1) is 13.0 Å². The lowest BCUT2D eigenvalue weighted by Gasteiger charge is -2.21. The van der Waals surface area contributed by atoms with Crippen LogP contribution in [-0.4, -0.2) is 54.3 Å². The topological polar surface area (TPSA) is 85.3 Å². The van der Waals surface area contributed by atoms with Crippen LogP contribution in [0.15, 0.2) is 4.99 Å². The monoisotopic (exact) mass is 429 g/mol. The van der Waals surface area contributed by atoms with Gasteiger partial charge in [0.2, 0.25) is 0 Å². The van der Waals surface area contributed by atoms with E-state index in [2.05, 4.69) is 11.9 Å². The summed E-state index contributed by atoms with van der Waals surface area (Å²) in [5, 5.41) is 0. The summed E-state index contributed by atoms with van der Waals surface area (Å²) in [6, 6.07) is 0. The van der Waals surface area contributed by atoms with Crippen molar-refractivity contribution in [3.63, 3.8) is 0 Å². The molecule has 0 N–H and O–H groups in total. The van der Waals surface area contributed by atoms with E-state index in [0.29, 0.717) is 11.3 Å². The van der Waals surface area contributed by atoms with E-state index in [1.807, 2.05) is 0 Å². The van der Waals surface area contributed by atoms with Gasteiger partial charge in [-0.2, -0.15) is 4.99 Å². The molecular formula is C23H42N2O5. The molecule has 0 aliphatic heterocycles. The second kappa shape index (κ2) is 15.9. The number of aliphatic imine (C=N–C) groups is 1. The Balaban J connectivity index is 5.24. The minimum absolute atomic E-state index is 0.0730. The number of unbranched alkanes of at least 4 members (excludes halogenated alkanes) is 7. The minimum atomic E-state index is -2.80. The first-order valence-electron chi connectivity index (χ1n) is 12.6. The molecule has 0 aromatic rings. The van der Waals surface area contributed by atoms with Crippen molar-refractivity contribution >= 4 is 23.7 Å². The largest absolute Gasteiger partial charge is 0.465 e. The molecule has 7 nitrogen and oxygen atoms in total. The van der Waals surface area contributed by atoms with E-state index in [9.17, 15) is 14.4 Å². The Morgan fingerprint density at radius 1 is 0.967 bits per heavy atom. The van der Waals surface area contributed by atoms with Gasteiger partial charge in [-0.15, -0.1) is 0 Å². The van der Waals surface area contributed by atoms with Gasteiger partial charge in [0.25, 0.3) is 0 Å². The number of carbonyl (C=O) groups excluding carboxylic acids is 3. The van der Waals surface area contributed by atoms with E-state index in [0.717, 1.165) is 19.3 Å². The number of nitrogens with zero attached hydrogens (tertiary/aromatic N) is 2. The summed E-state index contributed by atoms with van der Waals surface area (Å²) in [5.74, 6) is -1.36. The maximum absolute atomic E-state index is 12.6. The van der Waals surface area contributed by atoms with E-state index in [1.165, 1.54) is 25.7 Å². The number of rotatable bonds is 14. The fourth-order valence-electron chi connectivity index (χ4n) is 2.73. The van der Waals surface area contributed by atoms with Crippen LogP contribution in [0.5, 0.6) is 0 Å². The van der Waals surface area contributed by atoms with Crippen molar-refractivity contribution in [1.29, 1.82) is 0 Å². The first-order chi connectivity index (χ1) is 15.3. The van der Waals surface area contributed by atoms with Crippen molar-refractivity contribution in [3.8, 4) is 0 Å². The lowest BCUT2D eigenvalue weighted by molar-refractivity contribution is -0.143. The number of hydrogen-bond donors (Lipinski definition) is 0. The summed E-state index contributed by atoms with van der Waals surface area (Å²) in [7, 11) is 0. The number of ether oxygens (including phenoxy) is 2. The Morgan fingerprint density at radius 3 is 2.10 bits per heavy atom. The van der Waals surface area contributed by atoms with Gasteiger partial charge in [-0.1, -0.05) is 51.9 Å². The Kier molecular flexibility index (Phi) is 12.0. The first-order valence-corrected chi connectivity index (χ1v) is 11.1. The number of amidine groups is 1. The summed E-state index contributed by atoms with van der Waals surface area (Å²) < 4.78 is 33.4. The fourth-order valence-corrected chi connectivity index (χ4v) is 2.73. The molecule has 0 atom stereocenters. The van der Waals surface area contributed by atoms with Crippen molar-refractivity contribution in [2.24, 2.45) is 4.99 Å². The molecule has 174 valence electrons. The summed E-state index contributed by atoms with van der Waals surface area (Å²) in [5.41, 5.74) is -0.848. The number of amides is 1. The summed E-state index contributed by atoms with van der Waals surface area (Å²) in [4.78, 5) is 41.2. The van der Waals surface area contributed by atoms with Crippen LogP contribution in [0.4, 0.5) is 4.79 Å². The molecule has 30 heavy (non-hydrogen) atoms. The molecule has 0 saturated heterocycles. The van der Waals surface area contributed by atoms with Crippen LogP contribution in [0.1, 0.15) is 103 Å². The predicted molar refractivity (Wildman–Crippen MR) is 120 cm³/mol. The van der Waals surface area contributed by atoms with Gasteiger partial charge in [-0.05, 0) is 34.1 Å². The van der Waals surface area contributed by atoms with Crippen LogP contribution in [-0.2, 0) is 19.1 Å². The summed E-state index contributed by atoms with van der Waals surface area (Å²) >= 11 is 0.